The summed E-state index contributed by atoms with van der Waals surface area (Å²) >= 11 is 1.73. The summed E-state index contributed by atoms with van der Waals surface area (Å²) in [6.07, 6.45) is 12.6. The van der Waals surface area contributed by atoms with Gasteiger partial charge < -0.3 is 19.9 Å². The average Bonchev–Trinajstić information content (AvgIpc) is 2.95. The van der Waals surface area contributed by atoms with Gasteiger partial charge in [-0.25, -0.2) is 14.4 Å². The number of nitrogens with one attached hydrogen (secondary N) is 2. The molecule has 4 rings (SSSR count). The lowest BCUT2D eigenvalue weighted by Gasteiger charge is -2.35. The van der Waals surface area contributed by atoms with Crippen LogP contribution in [0.15, 0.2) is 30.7 Å². The second kappa shape index (κ2) is 15.0. The van der Waals surface area contributed by atoms with E-state index in [1.54, 1.807) is 23.0 Å². The molecule has 2 fully saturated rings. The van der Waals surface area contributed by atoms with Gasteiger partial charge in [-0.15, -0.1) is 0 Å². The van der Waals surface area contributed by atoms with Gasteiger partial charge in [0, 0.05) is 31.7 Å². The van der Waals surface area contributed by atoms with Crippen LogP contribution in [-0.2, 0) is 0 Å². The van der Waals surface area contributed by atoms with Gasteiger partial charge in [-0.2, -0.15) is 0 Å². The van der Waals surface area contributed by atoms with Crippen molar-refractivity contribution in [2.75, 3.05) is 43.9 Å². The molecule has 2 aromatic rings. The molecule has 1 saturated heterocycles. The number of piperidine rings is 1. The second-order valence-electron chi connectivity index (χ2n) is 11.3. The molecule has 0 spiro atoms. The third-order valence-corrected chi connectivity index (χ3v) is 8.66. The molecule has 40 heavy (non-hydrogen) atoms. The van der Waals surface area contributed by atoms with Gasteiger partial charge in [-0.3, -0.25) is 9.52 Å². The van der Waals surface area contributed by atoms with Crippen LogP contribution in [0.5, 0.6) is 11.5 Å². The van der Waals surface area contributed by atoms with Gasteiger partial charge in [0.25, 0.3) is 5.91 Å². The highest BCUT2D eigenvalue weighted by molar-refractivity contribution is 7.96. The molecule has 2 heterocycles. The Hall–Kier alpha value is -2.43. The van der Waals surface area contributed by atoms with Gasteiger partial charge in [-0.05, 0) is 109 Å². The van der Waals surface area contributed by atoms with Crippen LogP contribution >= 0.6 is 11.9 Å². The number of aromatic nitrogens is 2. The molecular formula is C30H45FN6O2S. The number of carbonyl (C=O) groups is 1. The highest BCUT2D eigenvalue weighted by Crippen LogP contribution is 2.34. The minimum atomic E-state index is -0.476. The number of ether oxygens (including phenoxy) is 1. The lowest BCUT2D eigenvalue weighted by Crippen LogP contribution is -2.41. The topological polar surface area (TPSA) is 82.6 Å². The van der Waals surface area contributed by atoms with Gasteiger partial charge in [0.1, 0.15) is 17.9 Å². The molecule has 0 unspecified atom stereocenters. The number of carbonyl (C=O) groups excluding carboxylic acids is 1. The molecular weight excluding hydrogens is 527 g/mol. The largest absolute Gasteiger partial charge is 0.451 e. The molecule has 1 amide bonds. The van der Waals surface area contributed by atoms with Crippen molar-refractivity contribution in [2.45, 2.75) is 71.4 Å². The molecule has 0 bridgehead atoms. The molecule has 1 aromatic carbocycles. The van der Waals surface area contributed by atoms with Crippen LogP contribution in [-0.4, -0.2) is 71.8 Å². The monoisotopic (exact) mass is 572 g/mol. The van der Waals surface area contributed by atoms with Crippen LogP contribution in [0.4, 0.5) is 10.2 Å². The van der Waals surface area contributed by atoms with Gasteiger partial charge in [0.2, 0.25) is 0 Å². The summed E-state index contributed by atoms with van der Waals surface area (Å²) < 4.78 is 24.0. The Balaban J connectivity index is 1.39. The summed E-state index contributed by atoms with van der Waals surface area (Å²) in [7, 11) is 0. The molecule has 2 aliphatic rings. The van der Waals surface area contributed by atoms with E-state index in [4.69, 9.17) is 4.74 Å². The summed E-state index contributed by atoms with van der Waals surface area (Å²) in [5, 5.41) is 3.75. The van der Waals surface area contributed by atoms with Crippen LogP contribution < -0.4 is 19.7 Å². The number of benzene rings is 1. The SMILES string of the molecule is CCN(C(=O)c1cc(F)ccc1Oc1cncnc1N1CCC[C@H](CNCC2CCC(NSC)CC2)C1)C(C)C. The van der Waals surface area contributed by atoms with Crippen molar-refractivity contribution in [3.05, 3.63) is 42.1 Å². The number of hydrogen-bond acceptors (Lipinski definition) is 8. The standard InChI is InChI=1S/C30H45FN6O2S/c1-5-37(21(2)3)30(38)26-15-24(31)10-13-27(26)39-28-18-33-20-34-29(28)36-14-6-7-23(19-36)17-32-16-22-8-11-25(12-9-22)35-40-4/h10,13,15,18,20-23,25,32,35H,5-9,11-12,14,16-17,19H2,1-4H3/t22?,23-,25?/m1/s1. The predicted octanol–water partition coefficient (Wildman–Crippen LogP) is 5.51. The third-order valence-electron chi connectivity index (χ3n) is 8.09. The van der Waals surface area contributed by atoms with E-state index < -0.39 is 5.82 Å². The fourth-order valence-corrected chi connectivity index (χ4v) is 6.53. The van der Waals surface area contributed by atoms with Gasteiger partial charge >= 0.3 is 0 Å². The minimum absolute atomic E-state index is 0.0182. The Labute approximate surface area is 243 Å². The normalized spacial score (nSPS) is 21.4. The Morgan fingerprint density at radius 2 is 1.95 bits per heavy atom. The summed E-state index contributed by atoms with van der Waals surface area (Å²) in [6.45, 7) is 10.1. The van der Waals surface area contributed by atoms with E-state index in [0.717, 1.165) is 38.5 Å². The first-order valence-corrected chi connectivity index (χ1v) is 15.9. The van der Waals surface area contributed by atoms with Crippen LogP contribution in [0.25, 0.3) is 0 Å². The summed E-state index contributed by atoms with van der Waals surface area (Å²) in [4.78, 5) is 26.0. The third kappa shape index (κ3) is 8.07. The number of rotatable bonds is 12. The highest BCUT2D eigenvalue weighted by atomic mass is 32.2. The zero-order valence-corrected chi connectivity index (χ0v) is 25.2. The van der Waals surface area contributed by atoms with Crippen molar-refractivity contribution in [1.29, 1.82) is 0 Å². The van der Waals surface area contributed by atoms with Gasteiger partial charge in [-0.1, -0.05) is 11.9 Å². The molecule has 1 saturated carbocycles. The molecule has 1 aliphatic heterocycles. The van der Waals surface area contributed by atoms with E-state index in [9.17, 15) is 9.18 Å². The minimum Gasteiger partial charge on any atom is -0.451 e. The van der Waals surface area contributed by atoms with Crippen molar-refractivity contribution in [3.8, 4) is 11.5 Å². The van der Waals surface area contributed by atoms with E-state index >= 15 is 0 Å². The van der Waals surface area contributed by atoms with E-state index in [1.807, 2.05) is 20.8 Å². The fraction of sp³-hybridized carbons (Fsp3) is 0.633. The van der Waals surface area contributed by atoms with Gasteiger partial charge in [0.15, 0.2) is 11.6 Å². The first kappa shape index (κ1) is 30.5. The fourth-order valence-electron chi connectivity index (χ4n) is 5.96. The smallest absolute Gasteiger partial charge is 0.257 e. The highest BCUT2D eigenvalue weighted by Gasteiger charge is 2.27. The summed E-state index contributed by atoms with van der Waals surface area (Å²) in [5.41, 5.74) is 0.198. The quantitative estimate of drug-likeness (QED) is 0.322. The second-order valence-corrected chi connectivity index (χ2v) is 11.9. The van der Waals surface area contributed by atoms with Gasteiger partial charge in [0.05, 0.1) is 11.8 Å². The number of anilines is 1. The van der Waals surface area contributed by atoms with E-state index in [1.165, 1.54) is 56.6 Å². The van der Waals surface area contributed by atoms with Crippen LogP contribution in [0, 0.1) is 17.7 Å². The molecule has 1 aliphatic carbocycles. The van der Waals surface area contributed by atoms with Crippen LogP contribution in [0.1, 0.15) is 69.7 Å². The van der Waals surface area contributed by atoms with Crippen molar-refractivity contribution in [2.24, 2.45) is 11.8 Å². The average molecular weight is 573 g/mol. The maximum atomic E-state index is 14.2. The first-order chi connectivity index (χ1) is 19.4. The zero-order chi connectivity index (χ0) is 28.5. The van der Waals surface area contributed by atoms with E-state index in [0.29, 0.717) is 35.8 Å². The molecule has 0 radical (unpaired) electrons. The molecule has 2 N–H and O–H groups in total. The number of amides is 1. The molecule has 1 atom stereocenters. The Bertz CT molecular complexity index is 1100. The predicted molar refractivity (Wildman–Crippen MR) is 161 cm³/mol. The van der Waals surface area contributed by atoms with Crippen molar-refractivity contribution in [1.82, 2.24) is 24.9 Å². The molecule has 1 aromatic heterocycles. The van der Waals surface area contributed by atoms with Crippen molar-refractivity contribution in [3.63, 3.8) is 0 Å². The Kier molecular flexibility index (Phi) is 11.4. The van der Waals surface area contributed by atoms with E-state index in [2.05, 4.69) is 31.2 Å². The summed E-state index contributed by atoms with van der Waals surface area (Å²) in [6, 6.07) is 4.72. The lowest BCUT2D eigenvalue weighted by atomic mass is 9.86. The molecule has 8 nitrogen and oxygen atoms in total. The number of hydrogen-bond donors (Lipinski definition) is 2. The molecule has 10 heteroatoms. The zero-order valence-electron chi connectivity index (χ0n) is 24.4. The lowest BCUT2D eigenvalue weighted by molar-refractivity contribution is 0.0713. The maximum Gasteiger partial charge on any atom is 0.257 e. The van der Waals surface area contributed by atoms with Crippen molar-refractivity contribution >= 4 is 23.7 Å². The van der Waals surface area contributed by atoms with Crippen molar-refractivity contribution < 1.29 is 13.9 Å². The maximum absolute atomic E-state index is 14.2. The number of nitrogens with zero attached hydrogens (tertiary/aromatic N) is 4. The van der Waals surface area contributed by atoms with Crippen LogP contribution in [0.2, 0.25) is 0 Å². The Morgan fingerprint density at radius 1 is 1.18 bits per heavy atom. The Morgan fingerprint density at radius 3 is 2.67 bits per heavy atom. The molecule has 220 valence electrons. The first-order valence-electron chi connectivity index (χ1n) is 14.7. The van der Waals surface area contributed by atoms with E-state index in [-0.39, 0.29) is 17.5 Å². The number of halogens is 1. The van der Waals surface area contributed by atoms with Crippen LogP contribution in [0.3, 0.4) is 0 Å². The summed E-state index contributed by atoms with van der Waals surface area (Å²) in [5.74, 6) is 2.02.